The Hall–Kier alpha value is -0.120. The zero-order valence-electron chi connectivity index (χ0n) is 8.09. The summed E-state index contributed by atoms with van der Waals surface area (Å²) in [6.07, 6.45) is 0. The first-order valence-corrected chi connectivity index (χ1v) is 4.05. The SMILES string of the molecule is CN(CC(N)CN)C(C)(C)C. The fourth-order valence-electron chi connectivity index (χ4n) is 0.700. The molecule has 0 aliphatic carbocycles. The molecule has 1 unspecified atom stereocenters. The van der Waals surface area contributed by atoms with Gasteiger partial charge in [-0.05, 0) is 27.8 Å². The number of hydrogen-bond acceptors (Lipinski definition) is 3. The van der Waals surface area contributed by atoms with E-state index in [2.05, 4.69) is 32.7 Å². The predicted octanol–water partition coefficient (Wildman–Crippen LogP) is 0.00270. The highest BCUT2D eigenvalue weighted by Gasteiger charge is 2.18. The van der Waals surface area contributed by atoms with Gasteiger partial charge in [-0.3, -0.25) is 4.90 Å². The maximum atomic E-state index is 5.70. The van der Waals surface area contributed by atoms with Gasteiger partial charge >= 0.3 is 0 Å². The van der Waals surface area contributed by atoms with Gasteiger partial charge in [-0.2, -0.15) is 0 Å². The van der Waals surface area contributed by atoms with Gasteiger partial charge in [0.1, 0.15) is 0 Å². The van der Waals surface area contributed by atoms with Crippen molar-refractivity contribution in [3.8, 4) is 0 Å². The Balaban J connectivity index is 3.77. The highest BCUT2D eigenvalue weighted by atomic mass is 15.2. The molecular formula is C8H21N3. The summed E-state index contributed by atoms with van der Waals surface area (Å²) in [6, 6.07) is 0.0965. The van der Waals surface area contributed by atoms with Crippen LogP contribution in [-0.2, 0) is 0 Å². The van der Waals surface area contributed by atoms with Crippen molar-refractivity contribution in [2.45, 2.75) is 32.4 Å². The van der Waals surface area contributed by atoms with E-state index in [4.69, 9.17) is 11.5 Å². The number of likely N-dealkylation sites (N-methyl/N-ethyl adjacent to an activating group) is 1. The largest absolute Gasteiger partial charge is 0.329 e. The van der Waals surface area contributed by atoms with Crippen LogP contribution in [0, 0.1) is 0 Å². The van der Waals surface area contributed by atoms with Crippen molar-refractivity contribution in [2.24, 2.45) is 11.5 Å². The molecular weight excluding hydrogens is 138 g/mol. The van der Waals surface area contributed by atoms with Gasteiger partial charge in [0.2, 0.25) is 0 Å². The molecule has 0 fully saturated rings. The highest BCUT2D eigenvalue weighted by Crippen LogP contribution is 2.09. The van der Waals surface area contributed by atoms with Crippen LogP contribution in [0.3, 0.4) is 0 Å². The lowest BCUT2D eigenvalue weighted by Gasteiger charge is -2.33. The molecule has 68 valence electrons. The average molecular weight is 159 g/mol. The van der Waals surface area contributed by atoms with E-state index >= 15 is 0 Å². The third-order valence-corrected chi connectivity index (χ3v) is 1.96. The molecule has 1 atom stereocenters. The average Bonchev–Trinajstić information content (AvgIpc) is 1.85. The quantitative estimate of drug-likeness (QED) is 0.609. The van der Waals surface area contributed by atoms with Crippen LogP contribution in [0.2, 0.25) is 0 Å². The van der Waals surface area contributed by atoms with Gasteiger partial charge in [0.05, 0.1) is 0 Å². The third-order valence-electron chi connectivity index (χ3n) is 1.96. The first-order chi connectivity index (χ1) is 4.88. The lowest BCUT2D eigenvalue weighted by atomic mass is 10.1. The van der Waals surface area contributed by atoms with E-state index in [1.54, 1.807) is 0 Å². The fraction of sp³-hybridized carbons (Fsp3) is 1.00. The van der Waals surface area contributed by atoms with Crippen molar-refractivity contribution in [2.75, 3.05) is 20.1 Å². The van der Waals surface area contributed by atoms with E-state index in [1.165, 1.54) is 0 Å². The predicted molar refractivity (Wildman–Crippen MR) is 49.4 cm³/mol. The molecule has 0 aromatic rings. The maximum Gasteiger partial charge on any atom is 0.0292 e. The van der Waals surface area contributed by atoms with Gasteiger partial charge in [-0.25, -0.2) is 0 Å². The van der Waals surface area contributed by atoms with E-state index in [1.807, 2.05) is 0 Å². The van der Waals surface area contributed by atoms with Crippen molar-refractivity contribution >= 4 is 0 Å². The van der Waals surface area contributed by atoms with Crippen molar-refractivity contribution in [1.29, 1.82) is 0 Å². The van der Waals surface area contributed by atoms with Gasteiger partial charge in [0.15, 0.2) is 0 Å². The van der Waals surface area contributed by atoms with E-state index < -0.39 is 0 Å². The van der Waals surface area contributed by atoms with Crippen LogP contribution in [0.15, 0.2) is 0 Å². The lowest BCUT2D eigenvalue weighted by Crippen LogP contribution is -2.47. The van der Waals surface area contributed by atoms with Crippen molar-refractivity contribution < 1.29 is 0 Å². The molecule has 11 heavy (non-hydrogen) atoms. The Kier molecular flexibility index (Phi) is 4.00. The molecule has 0 aliphatic heterocycles. The Labute approximate surface area is 69.7 Å². The summed E-state index contributed by atoms with van der Waals surface area (Å²) in [4.78, 5) is 2.21. The molecule has 0 bridgehead atoms. The minimum Gasteiger partial charge on any atom is -0.329 e. The Morgan fingerprint density at radius 1 is 1.36 bits per heavy atom. The summed E-state index contributed by atoms with van der Waals surface area (Å²) >= 11 is 0. The summed E-state index contributed by atoms with van der Waals surface area (Å²) in [7, 11) is 2.06. The van der Waals surface area contributed by atoms with E-state index in [0.717, 1.165) is 6.54 Å². The summed E-state index contributed by atoms with van der Waals surface area (Å²) in [6.45, 7) is 7.91. The summed E-state index contributed by atoms with van der Waals surface area (Å²) in [5.74, 6) is 0. The molecule has 0 radical (unpaired) electrons. The van der Waals surface area contributed by atoms with Gasteiger partial charge in [0, 0.05) is 24.7 Å². The van der Waals surface area contributed by atoms with Crippen molar-refractivity contribution in [3.63, 3.8) is 0 Å². The molecule has 4 N–H and O–H groups in total. The van der Waals surface area contributed by atoms with Gasteiger partial charge in [0.25, 0.3) is 0 Å². The lowest BCUT2D eigenvalue weighted by molar-refractivity contribution is 0.166. The van der Waals surface area contributed by atoms with Gasteiger partial charge < -0.3 is 11.5 Å². The topological polar surface area (TPSA) is 55.3 Å². The summed E-state index contributed by atoms with van der Waals surface area (Å²) < 4.78 is 0. The molecule has 0 aliphatic rings. The van der Waals surface area contributed by atoms with Crippen LogP contribution in [0.25, 0.3) is 0 Å². The van der Waals surface area contributed by atoms with Crippen LogP contribution in [0.1, 0.15) is 20.8 Å². The number of rotatable bonds is 3. The van der Waals surface area contributed by atoms with E-state index in [0.29, 0.717) is 6.54 Å². The standard InChI is InChI=1S/C8H21N3/c1-8(2,3)11(4)6-7(10)5-9/h7H,5-6,9-10H2,1-4H3. The number of nitrogens with zero attached hydrogens (tertiary/aromatic N) is 1. The fourth-order valence-corrected chi connectivity index (χ4v) is 0.700. The second kappa shape index (κ2) is 4.04. The summed E-state index contributed by atoms with van der Waals surface area (Å²) in [5.41, 5.74) is 11.3. The van der Waals surface area contributed by atoms with E-state index in [-0.39, 0.29) is 11.6 Å². The molecule has 0 saturated carbocycles. The molecule has 3 nitrogen and oxygen atoms in total. The smallest absolute Gasteiger partial charge is 0.0292 e. The first-order valence-electron chi connectivity index (χ1n) is 4.05. The first kappa shape index (κ1) is 10.9. The molecule has 0 heterocycles. The monoisotopic (exact) mass is 159 g/mol. The van der Waals surface area contributed by atoms with Crippen molar-refractivity contribution in [1.82, 2.24) is 4.90 Å². The van der Waals surface area contributed by atoms with Gasteiger partial charge in [-0.15, -0.1) is 0 Å². The Bertz CT molecular complexity index is 106. The van der Waals surface area contributed by atoms with Gasteiger partial charge in [-0.1, -0.05) is 0 Å². The Morgan fingerprint density at radius 3 is 2.09 bits per heavy atom. The second-order valence-corrected chi connectivity index (χ2v) is 4.05. The van der Waals surface area contributed by atoms with E-state index in [9.17, 15) is 0 Å². The molecule has 0 aromatic carbocycles. The number of hydrogen-bond donors (Lipinski definition) is 2. The second-order valence-electron chi connectivity index (χ2n) is 4.05. The molecule has 0 saturated heterocycles. The van der Waals surface area contributed by atoms with Crippen LogP contribution in [-0.4, -0.2) is 36.6 Å². The summed E-state index contributed by atoms with van der Waals surface area (Å²) in [5, 5.41) is 0. The third kappa shape index (κ3) is 4.35. The van der Waals surface area contributed by atoms with Crippen LogP contribution in [0.4, 0.5) is 0 Å². The molecule has 0 amide bonds. The van der Waals surface area contributed by atoms with Crippen LogP contribution >= 0.6 is 0 Å². The zero-order valence-corrected chi connectivity index (χ0v) is 8.09. The number of nitrogens with two attached hydrogens (primary N) is 2. The Morgan fingerprint density at radius 2 is 1.82 bits per heavy atom. The minimum atomic E-state index is 0.0965. The molecule has 0 spiro atoms. The minimum absolute atomic E-state index is 0.0965. The maximum absolute atomic E-state index is 5.70. The molecule has 3 heteroatoms. The molecule has 0 aromatic heterocycles. The highest BCUT2D eigenvalue weighted by molar-refractivity contribution is 4.77. The normalized spacial score (nSPS) is 15.5. The molecule has 0 rings (SSSR count). The zero-order chi connectivity index (χ0) is 9.07. The van der Waals surface area contributed by atoms with Crippen molar-refractivity contribution in [3.05, 3.63) is 0 Å². The van der Waals surface area contributed by atoms with Crippen LogP contribution < -0.4 is 11.5 Å². The van der Waals surface area contributed by atoms with Crippen LogP contribution in [0.5, 0.6) is 0 Å².